The van der Waals surface area contributed by atoms with Gasteiger partial charge in [-0.2, -0.15) is 0 Å². The molecule has 1 fully saturated rings. The summed E-state index contributed by atoms with van der Waals surface area (Å²) in [5, 5.41) is 14.0. The Balaban J connectivity index is 1.44. The van der Waals surface area contributed by atoms with Crippen LogP contribution < -0.4 is 15.5 Å². The molecule has 7 nitrogen and oxygen atoms in total. The summed E-state index contributed by atoms with van der Waals surface area (Å²) >= 11 is 5.95. The Kier molecular flexibility index (Phi) is 6.29. The molecule has 1 aliphatic heterocycles. The van der Waals surface area contributed by atoms with E-state index in [-0.39, 0.29) is 10.7 Å². The molecular formula is C22H22ClFN6O. The molecule has 0 radical (unpaired) electrons. The number of nitrogens with one attached hydrogen (secondary N) is 2. The van der Waals surface area contributed by atoms with E-state index in [1.54, 1.807) is 18.2 Å². The van der Waals surface area contributed by atoms with E-state index in [9.17, 15) is 9.18 Å². The van der Waals surface area contributed by atoms with Crippen molar-refractivity contribution in [3.63, 3.8) is 0 Å². The molecule has 0 atom stereocenters. The predicted molar refractivity (Wildman–Crippen MR) is 121 cm³/mol. The number of halogens is 2. The van der Waals surface area contributed by atoms with Gasteiger partial charge in [0.15, 0.2) is 5.82 Å². The average Bonchev–Trinajstić information content (AvgIpc) is 2.77. The van der Waals surface area contributed by atoms with E-state index in [0.717, 1.165) is 37.6 Å². The van der Waals surface area contributed by atoms with Crippen LogP contribution in [0.3, 0.4) is 0 Å². The van der Waals surface area contributed by atoms with Crippen LogP contribution >= 0.6 is 11.6 Å². The second-order valence-corrected chi connectivity index (χ2v) is 7.73. The number of urea groups is 1. The lowest BCUT2D eigenvalue weighted by Crippen LogP contribution is -2.44. The van der Waals surface area contributed by atoms with E-state index in [4.69, 9.17) is 11.6 Å². The molecule has 1 aliphatic rings. The van der Waals surface area contributed by atoms with Gasteiger partial charge in [-0.1, -0.05) is 29.8 Å². The summed E-state index contributed by atoms with van der Waals surface area (Å²) < 4.78 is 13.9. The molecule has 0 bridgehead atoms. The largest absolute Gasteiger partial charge is 0.353 e. The fourth-order valence-electron chi connectivity index (χ4n) is 3.33. The van der Waals surface area contributed by atoms with Gasteiger partial charge in [0.2, 0.25) is 0 Å². The molecule has 1 saturated heterocycles. The molecule has 0 saturated carbocycles. The number of hydrogen-bond donors (Lipinski definition) is 2. The maximum atomic E-state index is 13.9. The van der Waals surface area contributed by atoms with Crippen molar-refractivity contribution in [2.75, 3.05) is 48.8 Å². The monoisotopic (exact) mass is 440 g/mol. The minimum atomic E-state index is -0.605. The summed E-state index contributed by atoms with van der Waals surface area (Å²) in [7, 11) is 2.11. The number of carbonyl (C=O) groups is 1. The number of likely N-dealkylation sites (N-methyl/N-ethyl adjacent to an activating group) is 1. The van der Waals surface area contributed by atoms with Crippen molar-refractivity contribution in [1.29, 1.82) is 0 Å². The Morgan fingerprint density at radius 2 is 1.77 bits per heavy atom. The highest BCUT2D eigenvalue weighted by atomic mass is 35.5. The number of amides is 2. The lowest BCUT2D eigenvalue weighted by molar-refractivity contribution is 0.262. The Morgan fingerprint density at radius 1 is 1.00 bits per heavy atom. The Morgan fingerprint density at radius 3 is 2.48 bits per heavy atom. The number of carbonyl (C=O) groups excluding carboxylic acids is 1. The van der Waals surface area contributed by atoms with Crippen molar-refractivity contribution >= 4 is 34.8 Å². The van der Waals surface area contributed by atoms with E-state index in [1.165, 1.54) is 18.2 Å². The smallest absolute Gasteiger partial charge is 0.323 e. The number of anilines is 3. The van der Waals surface area contributed by atoms with Gasteiger partial charge in [-0.25, -0.2) is 9.18 Å². The van der Waals surface area contributed by atoms with E-state index in [0.29, 0.717) is 11.4 Å². The molecular weight excluding hydrogens is 419 g/mol. The van der Waals surface area contributed by atoms with Gasteiger partial charge in [0.1, 0.15) is 5.82 Å². The third kappa shape index (κ3) is 5.10. The molecule has 2 N–H and O–H groups in total. The fraction of sp³-hybridized carbons (Fsp3) is 0.227. The van der Waals surface area contributed by atoms with Crippen molar-refractivity contribution < 1.29 is 9.18 Å². The molecule has 1 aromatic heterocycles. The normalized spacial score (nSPS) is 14.4. The zero-order valence-electron chi connectivity index (χ0n) is 17.0. The fourth-order valence-corrected chi connectivity index (χ4v) is 3.54. The molecule has 2 aromatic carbocycles. The lowest BCUT2D eigenvalue weighted by Gasteiger charge is -2.32. The minimum Gasteiger partial charge on any atom is -0.353 e. The number of piperazine rings is 1. The molecule has 31 heavy (non-hydrogen) atoms. The number of benzene rings is 2. The van der Waals surface area contributed by atoms with Crippen molar-refractivity contribution in [1.82, 2.24) is 15.1 Å². The Hall–Kier alpha value is -3.23. The maximum Gasteiger partial charge on any atom is 0.323 e. The van der Waals surface area contributed by atoms with Crippen LogP contribution in [0, 0.1) is 5.82 Å². The molecule has 4 rings (SSSR count). The van der Waals surface area contributed by atoms with E-state index in [1.807, 2.05) is 18.2 Å². The van der Waals surface area contributed by atoms with Gasteiger partial charge in [-0.3, -0.25) is 0 Å². The van der Waals surface area contributed by atoms with Crippen molar-refractivity contribution in [3.05, 3.63) is 65.4 Å². The van der Waals surface area contributed by atoms with Crippen LogP contribution in [0.4, 0.5) is 26.4 Å². The Bertz CT molecular complexity index is 1050. The summed E-state index contributed by atoms with van der Waals surface area (Å²) in [6.07, 6.45) is 0. The summed E-state index contributed by atoms with van der Waals surface area (Å²) in [5.41, 5.74) is 1.97. The SMILES string of the molecule is CN1CCN(c2ccc(-c3cccc(NC(=O)Nc4c(F)cccc4Cl)c3)nn2)CC1. The third-order valence-electron chi connectivity index (χ3n) is 5.10. The van der Waals surface area contributed by atoms with E-state index < -0.39 is 11.8 Å². The molecule has 0 spiro atoms. The molecule has 2 amide bonds. The second kappa shape index (κ2) is 9.28. The highest BCUT2D eigenvalue weighted by molar-refractivity contribution is 6.33. The number of nitrogens with zero attached hydrogens (tertiary/aromatic N) is 4. The van der Waals surface area contributed by atoms with Crippen molar-refractivity contribution in [2.24, 2.45) is 0 Å². The highest BCUT2D eigenvalue weighted by Crippen LogP contribution is 2.26. The van der Waals surface area contributed by atoms with Gasteiger partial charge < -0.3 is 20.4 Å². The zero-order valence-corrected chi connectivity index (χ0v) is 17.7. The van der Waals surface area contributed by atoms with Gasteiger partial charge >= 0.3 is 6.03 Å². The standard InChI is InChI=1S/C22H22ClFN6O/c1-29-10-12-30(13-11-29)20-9-8-19(27-28-20)15-4-2-5-16(14-15)25-22(31)26-21-17(23)6-3-7-18(21)24/h2-9,14H,10-13H2,1H3,(H2,25,26,31). The first kappa shape index (κ1) is 21.0. The predicted octanol–water partition coefficient (Wildman–Crippen LogP) is 4.33. The minimum absolute atomic E-state index is 0.0665. The summed E-state index contributed by atoms with van der Waals surface area (Å²) in [6, 6.07) is 14.7. The topological polar surface area (TPSA) is 73.4 Å². The van der Waals surface area contributed by atoms with Crippen LogP contribution in [-0.2, 0) is 0 Å². The van der Waals surface area contributed by atoms with Crippen molar-refractivity contribution in [2.45, 2.75) is 0 Å². The first-order chi connectivity index (χ1) is 15.0. The zero-order chi connectivity index (χ0) is 21.8. The van der Waals surface area contributed by atoms with Crippen LogP contribution in [0.1, 0.15) is 0 Å². The molecule has 160 valence electrons. The number of aromatic nitrogens is 2. The number of hydrogen-bond acceptors (Lipinski definition) is 5. The second-order valence-electron chi connectivity index (χ2n) is 7.32. The summed E-state index contributed by atoms with van der Waals surface area (Å²) in [4.78, 5) is 16.8. The highest BCUT2D eigenvalue weighted by Gasteiger charge is 2.16. The van der Waals surface area contributed by atoms with Gasteiger partial charge in [0, 0.05) is 37.4 Å². The van der Waals surface area contributed by atoms with Crippen LogP contribution in [-0.4, -0.2) is 54.4 Å². The number of para-hydroxylation sites is 1. The quantitative estimate of drug-likeness (QED) is 0.631. The van der Waals surface area contributed by atoms with Gasteiger partial charge in [-0.15, -0.1) is 10.2 Å². The first-order valence-electron chi connectivity index (χ1n) is 9.89. The number of rotatable bonds is 4. The maximum absolute atomic E-state index is 13.9. The van der Waals surface area contributed by atoms with Crippen LogP contribution in [0.5, 0.6) is 0 Å². The van der Waals surface area contributed by atoms with E-state index >= 15 is 0 Å². The summed E-state index contributed by atoms with van der Waals surface area (Å²) in [5.74, 6) is 0.249. The van der Waals surface area contributed by atoms with Crippen LogP contribution in [0.2, 0.25) is 5.02 Å². The Labute approximate surface area is 184 Å². The van der Waals surface area contributed by atoms with Crippen LogP contribution in [0.15, 0.2) is 54.6 Å². The molecule has 9 heteroatoms. The molecule has 0 unspecified atom stereocenters. The van der Waals surface area contributed by atoms with Gasteiger partial charge in [0.25, 0.3) is 0 Å². The molecule has 3 aromatic rings. The molecule has 0 aliphatic carbocycles. The first-order valence-corrected chi connectivity index (χ1v) is 10.3. The average molecular weight is 441 g/mol. The molecule has 2 heterocycles. The van der Waals surface area contributed by atoms with E-state index in [2.05, 4.69) is 37.7 Å². The van der Waals surface area contributed by atoms with Crippen LogP contribution in [0.25, 0.3) is 11.3 Å². The van der Waals surface area contributed by atoms with Crippen molar-refractivity contribution in [3.8, 4) is 11.3 Å². The van der Waals surface area contributed by atoms with Gasteiger partial charge in [-0.05, 0) is 43.4 Å². The summed E-state index contributed by atoms with van der Waals surface area (Å²) in [6.45, 7) is 3.84. The van der Waals surface area contributed by atoms with Gasteiger partial charge in [0.05, 0.1) is 16.4 Å². The third-order valence-corrected chi connectivity index (χ3v) is 5.41. The lowest BCUT2D eigenvalue weighted by atomic mass is 10.1.